The van der Waals surface area contributed by atoms with Crippen LogP contribution in [0.1, 0.15) is 13.3 Å². The van der Waals surface area contributed by atoms with E-state index in [1.54, 1.807) is 6.92 Å². The van der Waals surface area contributed by atoms with Crippen LogP contribution in [0.4, 0.5) is 13.2 Å². The molecule has 0 amide bonds. The monoisotopic (exact) mass is 190 g/mol. The second-order valence-electron chi connectivity index (χ2n) is 3.07. The summed E-state index contributed by atoms with van der Waals surface area (Å²) >= 11 is 0. The molecule has 72 valence electrons. The summed E-state index contributed by atoms with van der Waals surface area (Å²) in [6, 6.07) is 0. The van der Waals surface area contributed by atoms with Gasteiger partial charge in [-0.1, -0.05) is 17.7 Å². The second kappa shape index (κ2) is 3.36. The van der Waals surface area contributed by atoms with E-state index in [0.717, 1.165) is 6.08 Å². The summed E-state index contributed by atoms with van der Waals surface area (Å²) in [5, 5.41) is 0. The van der Waals surface area contributed by atoms with E-state index < -0.39 is 17.9 Å². The molecule has 0 heterocycles. The molecule has 0 N–H and O–H groups in total. The van der Waals surface area contributed by atoms with Gasteiger partial charge < -0.3 is 0 Å². The summed E-state index contributed by atoms with van der Waals surface area (Å²) in [5.74, 6) is -2.72. The van der Waals surface area contributed by atoms with E-state index in [9.17, 15) is 18.0 Å². The molecule has 1 aliphatic carbocycles. The third-order valence-corrected chi connectivity index (χ3v) is 1.91. The molecule has 0 saturated heterocycles. The Kier molecular flexibility index (Phi) is 2.59. The lowest BCUT2D eigenvalue weighted by Crippen LogP contribution is -2.29. The van der Waals surface area contributed by atoms with Gasteiger partial charge in [0.05, 0.1) is 0 Å². The number of hydrogen-bond donors (Lipinski definition) is 0. The number of carbonyl (C=O) groups is 1. The van der Waals surface area contributed by atoms with Gasteiger partial charge >= 0.3 is 6.18 Å². The number of rotatable bonds is 0. The van der Waals surface area contributed by atoms with Crippen LogP contribution in [0.2, 0.25) is 0 Å². The fraction of sp³-hybridized carbons (Fsp3) is 0.444. The van der Waals surface area contributed by atoms with Gasteiger partial charge in [0.2, 0.25) is 0 Å². The Hall–Kier alpha value is -1.06. The SMILES string of the molecule is CC1=CC=CC(=O)C(C(F)(F)F)C1. The van der Waals surface area contributed by atoms with Crippen molar-refractivity contribution in [3.63, 3.8) is 0 Å². The van der Waals surface area contributed by atoms with Crippen molar-refractivity contribution in [2.75, 3.05) is 0 Å². The van der Waals surface area contributed by atoms with Crippen LogP contribution >= 0.6 is 0 Å². The van der Waals surface area contributed by atoms with Crippen molar-refractivity contribution >= 4 is 5.78 Å². The van der Waals surface area contributed by atoms with Gasteiger partial charge in [-0.15, -0.1) is 0 Å². The van der Waals surface area contributed by atoms with E-state index in [1.165, 1.54) is 12.2 Å². The van der Waals surface area contributed by atoms with Crippen LogP contribution in [-0.2, 0) is 4.79 Å². The molecule has 0 bridgehead atoms. The quantitative estimate of drug-likeness (QED) is 0.573. The lowest BCUT2D eigenvalue weighted by molar-refractivity contribution is -0.178. The van der Waals surface area contributed by atoms with Crippen LogP contribution in [-0.4, -0.2) is 12.0 Å². The first-order valence-electron chi connectivity index (χ1n) is 3.85. The third-order valence-electron chi connectivity index (χ3n) is 1.91. The minimum atomic E-state index is -4.43. The van der Waals surface area contributed by atoms with Crippen molar-refractivity contribution in [2.45, 2.75) is 19.5 Å². The number of carbonyl (C=O) groups excluding carboxylic acids is 1. The molecule has 0 radical (unpaired) electrons. The maximum absolute atomic E-state index is 12.3. The molecule has 0 aromatic heterocycles. The number of hydrogen-bond acceptors (Lipinski definition) is 1. The van der Waals surface area contributed by atoms with Crippen molar-refractivity contribution in [1.82, 2.24) is 0 Å². The molecule has 0 spiro atoms. The third kappa shape index (κ3) is 2.44. The van der Waals surface area contributed by atoms with Crippen molar-refractivity contribution in [3.8, 4) is 0 Å². The topological polar surface area (TPSA) is 17.1 Å². The van der Waals surface area contributed by atoms with Gasteiger partial charge in [0, 0.05) is 0 Å². The predicted octanol–water partition coefficient (Wildman–Crippen LogP) is 2.64. The maximum Gasteiger partial charge on any atom is 0.399 e. The van der Waals surface area contributed by atoms with Gasteiger partial charge in [0.1, 0.15) is 5.92 Å². The standard InChI is InChI=1S/C9H9F3O/c1-6-3-2-4-8(13)7(5-6)9(10,11)12/h2-4,7H,5H2,1H3. The first-order chi connectivity index (χ1) is 5.91. The highest BCUT2D eigenvalue weighted by atomic mass is 19.4. The summed E-state index contributed by atoms with van der Waals surface area (Å²) in [5.41, 5.74) is 0.574. The predicted molar refractivity (Wildman–Crippen MR) is 42.1 cm³/mol. The molecule has 1 unspecified atom stereocenters. The Morgan fingerprint density at radius 1 is 1.46 bits per heavy atom. The van der Waals surface area contributed by atoms with Crippen molar-refractivity contribution in [3.05, 3.63) is 23.8 Å². The van der Waals surface area contributed by atoms with Crippen LogP contribution in [0, 0.1) is 5.92 Å². The largest absolute Gasteiger partial charge is 0.399 e. The van der Waals surface area contributed by atoms with E-state index >= 15 is 0 Å². The first kappa shape index (κ1) is 10.0. The molecule has 1 atom stereocenters. The Morgan fingerprint density at radius 3 is 2.62 bits per heavy atom. The lowest BCUT2D eigenvalue weighted by Gasteiger charge is -2.16. The Balaban J connectivity index is 2.91. The molecule has 0 aromatic carbocycles. The van der Waals surface area contributed by atoms with Crippen LogP contribution in [0.15, 0.2) is 23.8 Å². The van der Waals surface area contributed by atoms with Crippen LogP contribution < -0.4 is 0 Å². The molecule has 0 saturated carbocycles. The summed E-state index contributed by atoms with van der Waals surface area (Å²) in [6.07, 6.45) is -0.780. The molecule has 13 heavy (non-hydrogen) atoms. The highest BCUT2D eigenvalue weighted by molar-refractivity contribution is 5.93. The van der Waals surface area contributed by atoms with Gasteiger partial charge in [0.25, 0.3) is 0 Å². The van der Waals surface area contributed by atoms with E-state index in [4.69, 9.17) is 0 Å². The molecule has 0 aliphatic heterocycles. The summed E-state index contributed by atoms with van der Waals surface area (Å²) in [6.45, 7) is 1.58. The first-order valence-corrected chi connectivity index (χ1v) is 3.85. The van der Waals surface area contributed by atoms with Gasteiger partial charge in [0.15, 0.2) is 5.78 Å². The average molecular weight is 190 g/mol. The Labute approximate surface area is 73.9 Å². The zero-order valence-electron chi connectivity index (χ0n) is 7.06. The van der Waals surface area contributed by atoms with E-state index in [-0.39, 0.29) is 6.42 Å². The average Bonchev–Trinajstić information content (AvgIpc) is 2.11. The van der Waals surface area contributed by atoms with Crippen LogP contribution in [0.25, 0.3) is 0 Å². The number of allylic oxidation sites excluding steroid dienone is 4. The van der Waals surface area contributed by atoms with Crippen molar-refractivity contribution in [2.24, 2.45) is 5.92 Å². The molecule has 4 heteroatoms. The summed E-state index contributed by atoms with van der Waals surface area (Å²) < 4.78 is 36.8. The van der Waals surface area contributed by atoms with Gasteiger partial charge in [-0.25, -0.2) is 0 Å². The van der Waals surface area contributed by atoms with Gasteiger partial charge in [-0.2, -0.15) is 13.2 Å². The maximum atomic E-state index is 12.3. The molecule has 1 nitrogen and oxygen atoms in total. The van der Waals surface area contributed by atoms with E-state index in [0.29, 0.717) is 5.57 Å². The molecular weight excluding hydrogens is 181 g/mol. The Morgan fingerprint density at radius 2 is 2.08 bits per heavy atom. The number of halogens is 3. The van der Waals surface area contributed by atoms with Gasteiger partial charge in [-0.05, 0) is 19.4 Å². The number of alkyl halides is 3. The van der Waals surface area contributed by atoms with Crippen LogP contribution in [0.5, 0.6) is 0 Å². The number of ketones is 1. The normalized spacial score (nSPS) is 24.2. The second-order valence-corrected chi connectivity index (χ2v) is 3.07. The molecule has 0 aromatic rings. The minimum Gasteiger partial charge on any atom is -0.294 e. The molecule has 1 rings (SSSR count). The van der Waals surface area contributed by atoms with Crippen molar-refractivity contribution in [1.29, 1.82) is 0 Å². The summed E-state index contributed by atoms with van der Waals surface area (Å²) in [7, 11) is 0. The fourth-order valence-corrected chi connectivity index (χ4v) is 1.19. The van der Waals surface area contributed by atoms with Crippen LogP contribution in [0.3, 0.4) is 0 Å². The van der Waals surface area contributed by atoms with E-state index in [1.807, 2.05) is 0 Å². The van der Waals surface area contributed by atoms with E-state index in [2.05, 4.69) is 0 Å². The molecule has 0 fully saturated rings. The van der Waals surface area contributed by atoms with Gasteiger partial charge in [-0.3, -0.25) is 4.79 Å². The van der Waals surface area contributed by atoms with Crippen molar-refractivity contribution < 1.29 is 18.0 Å². The highest BCUT2D eigenvalue weighted by Crippen LogP contribution is 2.33. The zero-order chi connectivity index (χ0) is 10.1. The molecular formula is C9H9F3O. The highest BCUT2D eigenvalue weighted by Gasteiger charge is 2.43. The molecule has 1 aliphatic rings. The lowest BCUT2D eigenvalue weighted by atomic mass is 9.97. The Bertz CT molecular complexity index is 273. The minimum absolute atomic E-state index is 0.227. The summed E-state index contributed by atoms with van der Waals surface area (Å²) in [4.78, 5) is 11.0. The zero-order valence-corrected chi connectivity index (χ0v) is 7.06. The fourth-order valence-electron chi connectivity index (χ4n) is 1.19. The smallest absolute Gasteiger partial charge is 0.294 e.